The van der Waals surface area contributed by atoms with Gasteiger partial charge in [0.15, 0.2) is 6.29 Å². The summed E-state index contributed by atoms with van der Waals surface area (Å²) in [5.74, 6) is 0. The van der Waals surface area contributed by atoms with Crippen LogP contribution in [0.4, 0.5) is 0 Å². The van der Waals surface area contributed by atoms with Crippen molar-refractivity contribution in [1.82, 2.24) is 0 Å². The van der Waals surface area contributed by atoms with Gasteiger partial charge in [-0.1, -0.05) is 26.2 Å². The molecule has 102 valence electrons. The van der Waals surface area contributed by atoms with Gasteiger partial charge in [0.05, 0.1) is 12.7 Å². The van der Waals surface area contributed by atoms with E-state index in [4.69, 9.17) is 14.6 Å². The second kappa shape index (κ2) is 8.00. The summed E-state index contributed by atoms with van der Waals surface area (Å²) in [5, 5.41) is 28.1. The summed E-state index contributed by atoms with van der Waals surface area (Å²) < 4.78 is 10.7. The number of hydrogen-bond donors (Lipinski definition) is 3. The van der Waals surface area contributed by atoms with Crippen molar-refractivity contribution in [3.63, 3.8) is 0 Å². The van der Waals surface area contributed by atoms with Crippen LogP contribution in [-0.4, -0.2) is 53.1 Å². The molecule has 1 heterocycles. The second-order valence-corrected chi connectivity index (χ2v) is 4.53. The van der Waals surface area contributed by atoms with Gasteiger partial charge < -0.3 is 24.8 Å². The van der Waals surface area contributed by atoms with Crippen molar-refractivity contribution in [3.05, 3.63) is 0 Å². The molecule has 0 aliphatic carbocycles. The van der Waals surface area contributed by atoms with Crippen LogP contribution in [0.25, 0.3) is 0 Å². The van der Waals surface area contributed by atoms with E-state index < -0.39 is 24.6 Å². The highest BCUT2D eigenvalue weighted by Crippen LogP contribution is 2.21. The summed E-state index contributed by atoms with van der Waals surface area (Å²) >= 11 is 0. The number of rotatable bonds is 7. The van der Waals surface area contributed by atoms with E-state index in [0.29, 0.717) is 6.61 Å². The molecule has 1 aliphatic heterocycles. The van der Waals surface area contributed by atoms with E-state index in [1.165, 1.54) is 12.8 Å². The Morgan fingerprint density at radius 1 is 1.18 bits per heavy atom. The molecule has 1 fully saturated rings. The standard InChI is InChI=1S/C12H24O5/c1-2-3-4-5-6-16-12-10(15)7-9(14)11(8-13)17-12/h9-15H,2-8H2,1H3/t9-,10?,11?,12-/m1/s1. The molecule has 5 heteroatoms. The van der Waals surface area contributed by atoms with E-state index in [1.807, 2.05) is 0 Å². The minimum absolute atomic E-state index is 0.185. The minimum Gasteiger partial charge on any atom is -0.394 e. The van der Waals surface area contributed by atoms with Crippen LogP contribution < -0.4 is 0 Å². The molecule has 2 unspecified atom stereocenters. The fourth-order valence-corrected chi connectivity index (χ4v) is 1.91. The summed E-state index contributed by atoms with van der Waals surface area (Å²) in [6, 6.07) is 0. The third kappa shape index (κ3) is 4.89. The summed E-state index contributed by atoms with van der Waals surface area (Å²) in [5.41, 5.74) is 0. The van der Waals surface area contributed by atoms with Crippen LogP contribution in [0.2, 0.25) is 0 Å². The SMILES string of the molecule is CCCCCCO[C@@H]1OC(CO)[C@H](O)CC1O. The molecule has 0 bridgehead atoms. The third-order valence-corrected chi connectivity index (χ3v) is 3.00. The Morgan fingerprint density at radius 2 is 1.94 bits per heavy atom. The maximum absolute atomic E-state index is 9.66. The molecular formula is C12H24O5. The first kappa shape index (κ1) is 14.9. The van der Waals surface area contributed by atoms with Crippen molar-refractivity contribution in [2.24, 2.45) is 0 Å². The summed E-state index contributed by atoms with van der Waals surface area (Å²) in [4.78, 5) is 0. The number of ether oxygens (including phenoxy) is 2. The Hall–Kier alpha value is -0.200. The number of aliphatic hydroxyl groups is 3. The van der Waals surface area contributed by atoms with Gasteiger partial charge in [0.2, 0.25) is 0 Å². The van der Waals surface area contributed by atoms with Crippen LogP contribution in [0, 0.1) is 0 Å². The van der Waals surface area contributed by atoms with Crippen LogP contribution in [0.15, 0.2) is 0 Å². The third-order valence-electron chi connectivity index (χ3n) is 3.00. The molecule has 5 nitrogen and oxygen atoms in total. The normalized spacial score (nSPS) is 33.9. The Labute approximate surface area is 102 Å². The molecule has 0 saturated carbocycles. The minimum atomic E-state index is -0.824. The number of unbranched alkanes of at least 4 members (excludes halogenated alkanes) is 3. The maximum atomic E-state index is 9.66. The highest BCUT2D eigenvalue weighted by Gasteiger charge is 2.36. The predicted octanol–water partition coefficient (Wildman–Crippen LogP) is 0.412. The molecule has 0 spiro atoms. The van der Waals surface area contributed by atoms with E-state index in [-0.39, 0.29) is 13.0 Å². The van der Waals surface area contributed by atoms with Gasteiger partial charge in [-0.25, -0.2) is 0 Å². The van der Waals surface area contributed by atoms with Gasteiger partial charge >= 0.3 is 0 Å². The molecule has 0 amide bonds. The lowest BCUT2D eigenvalue weighted by Gasteiger charge is -2.36. The summed E-state index contributed by atoms with van der Waals surface area (Å²) in [6.07, 6.45) is 1.55. The van der Waals surface area contributed by atoms with Gasteiger partial charge in [-0.2, -0.15) is 0 Å². The van der Waals surface area contributed by atoms with Crippen LogP contribution in [0.5, 0.6) is 0 Å². The van der Waals surface area contributed by atoms with Crippen molar-refractivity contribution in [2.75, 3.05) is 13.2 Å². The molecule has 0 aromatic rings. The lowest BCUT2D eigenvalue weighted by atomic mass is 10.0. The fraction of sp³-hybridized carbons (Fsp3) is 1.00. The van der Waals surface area contributed by atoms with Crippen molar-refractivity contribution >= 4 is 0 Å². The summed E-state index contributed by atoms with van der Waals surface area (Å²) in [6.45, 7) is 2.42. The monoisotopic (exact) mass is 248 g/mol. The lowest BCUT2D eigenvalue weighted by Crippen LogP contribution is -2.49. The average Bonchev–Trinajstić information content (AvgIpc) is 2.31. The fourth-order valence-electron chi connectivity index (χ4n) is 1.91. The molecule has 3 N–H and O–H groups in total. The van der Waals surface area contributed by atoms with Gasteiger partial charge in [0, 0.05) is 13.0 Å². The topological polar surface area (TPSA) is 79.2 Å². The van der Waals surface area contributed by atoms with Crippen LogP contribution in [-0.2, 0) is 9.47 Å². The van der Waals surface area contributed by atoms with Crippen molar-refractivity contribution < 1.29 is 24.8 Å². The Bertz CT molecular complexity index is 199. The van der Waals surface area contributed by atoms with Crippen molar-refractivity contribution in [3.8, 4) is 0 Å². The molecular weight excluding hydrogens is 224 g/mol. The molecule has 4 atom stereocenters. The van der Waals surface area contributed by atoms with Crippen LogP contribution in [0.1, 0.15) is 39.0 Å². The second-order valence-electron chi connectivity index (χ2n) is 4.53. The van der Waals surface area contributed by atoms with Crippen molar-refractivity contribution in [2.45, 2.75) is 63.6 Å². The van der Waals surface area contributed by atoms with E-state index >= 15 is 0 Å². The number of hydrogen-bond acceptors (Lipinski definition) is 5. The predicted molar refractivity (Wildman–Crippen MR) is 62.5 cm³/mol. The number of aliphatic hydroxyl groups excluding tert-OH is 3. The molecule has 1 rings (SSSR count). The smallest absolute Gasteiger partial charge is 0.184 e. The van der Waals surface area contributed by atoms with Crippen LogP contribution >= 0.6 is 0 Å². The zero-order valence-corrected chi connectivity index (χ0v) is 10.4. The summed E-state index contributed by atoms with van der Waals surface area (Å²) in [7, 11) is 0. The van der Waals surface area contributed by atoms with Gasteiger partial charge in [0.25, 0.3) is 0 Å². The first-order valence-electron chi connectivity index (χ1n) is 6.43. The Kier molecular flexibility index (Phi) is 6.99. The largest absolute Gasteiger partial charge is 0.394 e. The molecule has 0 aromatic carbocycles. The maximum Gasteiger partial charge on any atom is 0.184 e. The average molecular weight is 248 g/mol. The van der Waals surface area contributed by atoms with Crippen LogP contribution in [0.3, 0.4) is 0 Å². The first-order chi connectivity index (χ1) is 8.19. The van der Waals surface area contributed by atoms with Gasteiger partial charge in [0.1, 0.15) is 12.2 Å². The molecule has 1 saturated heterocycles. The van der Waals surface area contributed by atoms with Crippen molar-refractivity contribution in [1.29, 1.82) is 0 Å². The molecule has 1 aliphatic rings. The van der Waals surface area contributed by atoms with E-state index in [0.717, 1.165) is 12.8 Å². The van der Waals surface area contributed by atoms with E-state index in [9.17, 15) is 10.2 Å². The molecule has 0 radical (unpaired) electrons. The molecule has 17 heavy (non-hydrogen) atoms. The van der Waals surface area contributed by atoms with E-state index in [2.05, 4.69) is 6.92 Å². The highest BCUT2D eigenvalue weighted by molar-refractivity contribution is 4.80. The Balaban J connectivity index is 2.22. The first-order valence-corrected chi connectivity index (χ1v) is 6.43. The zero-order valence-electron chi connectivity index (χ0n) is 10.4. The van der Waals surface area contributed by atoms with Gasteiger partial charge in [-0.3, -0.25) is 0 Å². The van der Waals surface area contributed by atoms with Gasteiger partial charge in [-0.05, 0) is 6.42 Å². The lowest BCUT2D eigenvalue weighted by molar-refractivity contribution is -0.270. The zero-order chi connectivity index (χ0) is 12.7. The van der Waals surface area contributed by atoms with E-state index in [1.54, 1.807) is 0 Å². The molecule has 0 aromatic heterocycles. The Morgan fingerprint density at radius 3 is 2.59 bits per heavy atom. The quantitative estimate of drug-likeness (QED) is 0.569. The van der Waals surface area contributed by atoms with Gasteiger partial charge in [-0.15, -0.1) is 0 Å². The highest BCUT2D eigenvalue weighted by atomic mass is 16.7.